The van der Waals surface area contributed by atoms with Crippen LogP contribution < -0.4 is 10.9 Å². The third-order valence-electron chi connectivity index (χ3n) is 2.21. The van der Waals surface area contributed by atoms with Gasteiger partial charge in [-0.15, -0.1) is 12.3 Å². The van der Waals surface area contributed by atoms with Gasteiger partial charge in [0.1, 0.15) is 0 Å². The molecule has 0 bridgehead atoms. The molecule has 4 heteroatoms. The van der Waals surface area contributed by atoms with E-state index in [1.807, 2.05) is 13.8 Å². The summed E-state index contributed by atoms with van der Waals surface area (Å²) in [5, 5.41) is 3.00. The zero-order chi connectivity index (χ0) is 12.0. The van der Waals surface area contributed by atoms with Gasteiger partial charge in [-0.3, -0.25) is 4.79 Å². The van der Waals surface area contributed by atoms with E-state index < -0.39 is 0 Å². The van der Waals surface area contributed by atoms with E-state index in [4.69, 9.17) is 6.42 Å². The molecule has 0 saturated carbocycles. The summed E-state index contributed by atoms with van der Waals surface area (Å²) in [5.74, 6) is 2.95. The van der Waals surface area contributed by atoms with E-state index in [9.17, 15) is 4.79 Å². The van der Waals surface area contributed by atoms with E-state index in [1.54, 1.807) is 17.0 Å². The molecule has 0 aliphatic heterocycles. The quantitative estimate of drug-likeness (QED) is 0.605. The molecule has 0 aliphatic carbocycles. The second kappa shape index (κ2) is 5.96. The van der Waals surface area contributed by atoms with E-state index in [0.29, 0.717) is 18.8 Å². The van der Waals surface area contributed by atoms with Gasteiger partial charge in [-0.2, -0.15) is 0 Å². The Morgan fingerprint density at radius 3 is 3.00 bits per heavy atom. The van der Waals surface area contributed by atoms with E-state index >= 15 is 0 Å². The maximum absolute atomic E-state index is 11.9. The third-order valence-corrected chi connectivity index (χ3v) is 2.21. The van der Waals surface area contributed by atoms with E-state index in [-0.39, 0.29) is 11.6 Å². The smallest absolute Gasteiger partial charge is 0.293 e. The summed E-state index contributed by atoms with van der Waals surface area (Å²) < 4.78 is 1.65. The Morgan fingerprint density at radius 2 is 2.38 bits per heavy atom. The highest BCUT2D eigenvalue weighted by Crippen LogP contribution is 2.01. The molecule has 1 aromatic heterocycles. The Labute approximate surface area is 95.7 Å². The number of nitrogens with zero attached hydrogens (tertiary/aromatic N) is 2. The van der Waals surface area contributed by atoms with Crippen LogP contribution in [0.4, 0.5) is 5.82 Å². The lowest BCUT2D eigenvalue weighted by atomic mass is 10.3. The van der Waals surface area contributed by atoms with Crippen LogP contribution in [0, 0.1) is 12.3 Å². The van der Waals surface area contributed by atoms with Gasteiger partial charge in [-0.05, 0) is 20.3 Å². The van der Waals surface area contributed by atoms with Crippen LogP contribution in [0.3, 0.4) is 0 Å². The molecule has 86 valence electrons. The fraction of sp³-hybridized carbons (Fsp3) is 0.500. The molecule has 0 unspecified atom stereocenters. The summed E-state index contributed by atoms with van der Waals surface area (Å²) in [6.07, 6.45) is 10.0. The van der Waals surface area contributed by atoms with Gasteiger partial charge in [0.2, 0.25) is 0 Å². The maximum atomic E-state index is 11.9. The average molecular weight is 219 g/mol. The lowest BCUT2D eigenvalue weighted by molar-refractivity contribution is 0.575. The summed E-state index contributed by atoms with van der Waals surface area (Å²) in [4.78, 5) is 15.9. The fourth-order valence-electron chi connectivity index (χ4n) is 1.35. The average Bonchev–Trinajstić information content (AvgIpc) is 2.26. The number of terminal acetylenes is 1. The lowest BCUT2D eigenvalue weighted by Gasteiger charge is -2.11. The topological polar surface area (TPSA) is 46.9 Å². The van der Waals surface area contributed by atoms with Gasteiger partial charge >= 0.3 is 0 Å². The normalized spacial score (nSPS) is 10.1. The van der Waals surface area contributed by atoms with Gasteiger partial charge in [-0.25, -0.2) is 4.98 Å². The highest BCUT2D eigenvalue weighted by Gasteiger charge is 2.05. The third kappa shape index (κ3) is 3.13. The molecule has 0 saturated heterocycles. The van der Waals surface area contributed by atoms with Gasteiger partial charge in [0.15, 0.2) is 5.82 Å². The molecule has 1 aromatic rings. The number of hydrogen-bond donors (Lipinski definition) is 1. The molecular weight excluding hydrogens is 202 g/mol. The van der Waals surface area contributed by atoms with Crippen LogP contribution in [0.5, 0.6) is 0 Å². The minimum absolute atomic E-state index is 0.0850. The molecule has 0 atom stereocenters. The maximum Gasteiger partial charge on any atom is 0.293 e. The van der Waals surface area contributed by atoms with Crippen LogP contribution in [-0.4, -0.2) is 16.1 Å². The molecule has 0 radical (unpaired) electrons. The highest BCUT2D eigenvalue weighted by molar-refractivity contribution is 5.30. The summed E-state index contributed by atoms with van der Waals surface area (Å²) >= 11 is 0. The van der Waals surface area contributed by atoms with Crippen LogP contribution in [0.1, 0.15) is 32.7 Å². The monoisotopic (exact) mass is 219 g/mol. The second-order valence-corrected chi connectivity index (χ2v) is 3.82. The Hall–Kier alpha value is -1.76. The fourth-order valence-corrected chi connectivity index (χ4v) is 1.35. The Morgan fingerprint density at radius 1 is 1.62 bits per heavy atom. The van der Waals surface area contributed by atoms with Crippen LogP contribution in [0.15, 0.2) is 17.2 Å². The number of rotatable bonds is 5. The van der Waals surface area contributed by atoms with Gasteiger partial charge in [0.05, 0.1) is 0 Å². The standard InChI is InChI=1S/C12H17N3O/c1-4-5-6-7-13-11-12(16)15(10(2)3)9-8-14-11/h1,8-10H,5-7H2,2-3H3,(H,13,14). The molecule has 4 nitrogen and oxygen atoms in total. The number of unbranched alkanes of at least 4 members (excludes halogenated alkanes) is 1. The van der Waals surface area contributed by atoms with Crippen molar-refractivity contribution in [2.75, 3.05) is 11.9 Å². The SMILES string of the molecule is C#CCCCNc1nccn(C(C)C)c1=O. The molecule has 0 spiro atoms. The van der Waals surface area contributed by atoms with Crippen LogP contribution >= 0.6 is 0 Å². The Kier molecular flexibility index (Phi) is 4.59. The van der Waals surface area contributed by atoms with Gasteiger partial charge in [0, 0.05) is 31.4 Å². The van der Waals surface area contributed by atoms with Crippen molar-refractivity contribution in [3.05, 3.63) is 22.7 Å². The molecule has 0 amide bonds. The van der Waals surface area contributed by atoms with Gasteiger partial charge in [-0.1, -0.05) is 0 Å². The molecule has 0 aliphatic rings. The minimum atomic E-state index is -0.0850. The first kappa shape index (κ1) is 12.3. The number of aromatic nitrogens is 2. The first-order valence-corrected chi connectivity index (χ1v) is 5.41. The van der Waals surface area contributed by atoms with Crippen molar-refractivity contribution in [2.45, 2.75) is 32.7 Å². The zero-order valence-corrected chi connectivity index (χ0v) is 9.73. The molecule has 0 aromatic carbocycles. The van der Waals surface area contributed by atoms with Crippen LogP contribution in [0.25, 0.3) is 0 Å². The van der Waals surface area contributed by atoms with Crippen molar-refractivity contribution < 1.29 is 0 Å². The van der Waals surface area contributed by atoms with Crippen LogP contribution in [-0.2, 0) is 0 Å². The number of nitrogens with one attached hydrogen (secondary N) is 1. The lowest BCUT2D eigenvalue weighted by Crippen LogP contribution is -2.25. The molecule has 16 heavy (non-hydrogen) atoms. The Bertz CT molecular complexity index is 429. The van der Waals surface area contributed by atoms with E-state index in [2.05, 4.69) is 16.2 Å². The van der Waals surface area contributed by atoms with Crippen molar-refractivity contribution in [1.82, 2.24) is 9.55 Å². The summed E-state index contributed by atoms with van der Waals surface area (Å²) in [6.45, 7) is 4.60. The van der Waals surface area contributed by atoms with E-state index in [0.717, 1.165) is 6.42 Å². The summed E-state index contributed by atoms with van der Waals surface area (Å²) in [5.41, 5.74) is -0.0850. The predicted molar refractivity (Wildman–Crippen MR) is 65.4 cm³/mol. The van der Waals surface area contributed by atoms with Gasteiger partial charge < -0.3 is 9.88 Å². The second-order valence-electron chi connectivity index (χ2n) is 3.82. The number of anilines is 1. The first-order valence-electron chi connectivity index (χ1n) is 5.41. The van der Waals surface area contributed by atoms with Crippen molar-refractivity contribution in [1.29, 1.82) is 0 Å². The zero-order valence-electron chi connectivity index (χ0n) is 9.73. The van der Waals surface area contributed by atoms with Crippen molar-refractivity contribution >= 4 is 5.82 Å². The van der Waals surface area contributed by atoms with Crippen LogP contribution in [0.2, 0.25) is 0 Å². The van der Waals surface area contributed by atoms with E-state index in [1.165, 1.54) is 0 Å². The number of hydrogen-bond acceptors (Lipinski definition) is 3. The van der Waals surface area contributed by atoms with Crippen molar-refractivity contribution in [3.63, 3.8) is 0 Å². The van der Waals surface area contributed by atoms with Crippen molar-refractivity contribution in [3.8, 4) is 12.3 Å². The largest absolute Gasteiger partial charge is 0.365 e. The Balaban J connectivity index is 2.71. The molecular formula is C12H17N3O. The minimum Gasteiger partial charge on any atom is -0.365 e. The van der Waals surface area contributed by atoms with Crippen molar-refractivity contribution in [2.24, 2.45) is 0 Å². The highest BCUT2D eigenvalue weighted by atomic mass is 16.1. The molecule has 1 N–H and O–H groups in total. The summed E-state index contributed by atoms with van der Waals surface area (Å²) in [6, 6.07) is 0.141. The molecule has 1 heterocycles. The summed E-state index contributed by atoms with van der Waals surface area (Å²) in [7, 11) is 0. The molecule has 0 fully saturated rings. The predicted octanol–water partition coefficient (Wildman–Crippen LogP) is 1.65. The first-order chi connectivity index (χ1) is 7.66. The molecule has 1 rings (SSSR count). The van der Waals surface area contributed by atoms with Gasteiger partial charge in [0.25, 0.3) is 5.56 Å².